The van der Waals surface area contributed by atoms with E-state index in [0.717, 1.165) is 16.7 Å². The van der Waals surface area contributed by atoms with E-state index in [0.29, 0.717) is 0 Å². The minimum atomic E-state index is 0.769. The molecule has 3 rings (SSSR count). The van der Waals surface area contributed by atoms with E-state index in [4.69, 9.17) is 0 Å². The lowest BCUT2D eigenvalue weighted by Crippen LogP contribution is -2.02. The van der Waals surface area contributed by atoms with Crippen LogP contribution in [0.1, 0.15) is 11.1 Å². The zero-order valence-corrected chi connectivity index (χ0v) is 12.8. The van der Waals surface area contributed by atoms with Gasteiger partial charge in [-0.05, 0) is 35.6 Å². The minimum absolute atomic E-state index is 0.769. The Labute approximate surface area is 127 Å². The quantitative estimate of drug-likeness (QED) is 0.739. The first-order valence-corrected chi connectivity index (χ1v) is 7.35. The predicted molar refractivity (Wildman–Crippen MR) is 87.9 cm³/mol. The van der Waals surface area contributed by atoms with Crippen LogP contribution >= 0.6 is 15.9 Å². The molecule has 0 fully saturated rings. The molecule has 100 valence electrons. The fourth-order valence-electron chi connectivity index (χ4n) is 2.31. The van der Waals surface area contributed by atoms with Crippen LogP contribution in [0.3, 0.4) is 0 Å². The highest BCUT2D eigenvalue weighted by Crippen LogP contribution is 2.25. The summed E-state index contributed by atoms with van der Waals surface area (Å²) in [6.45, 7) is 2.87. The normalized spacial score (nSPS) is 10.7. The smallest absolute Gasteiger partial charge is 0.0422 e. The van der Waals surface area contributed by atoms with Gasteiger partial charge in [-0.1, -0.05) is 46.3 Å². The highest BCUT2D eigenvalue weighted by atomic mass is 79.9. The van der Waals surface area contributed by atoms with Gasteiger partial charge in [-0.3, -0.25) is 4.98 Å². The summed E-state index contributed by atoms with van der Waals surface area (Å²) in [5, 5.41) is 5.92. The van der Waals surface area contributed by atoms with Crippen molar-refractivity contribution in [2.75, 3.05) is 5.32 Å². The number of rotatable bonds is 3. The average molecular weight is 327 g/mol. The molecule has 0 radical (unpaired) electrons. The van der Waals surface area contributed by atoms with Gasteiger partial charge >= 0.3 is 0 Å². The number of pyridine rings is 1. The fraction of sp³-hybridized carbons (Fsp3) is 0.118. The molecule has 0 unspecified atom stereocenters. The third kappa shape index (κ3) is 2.54. The van der Waals surface area contributed by atoms with Gasteiger partial charge in [-0.25, -0.2) is 0 Å². The maximum absolute atomic E-state index is 4.32. The molecular weight excluding hydrogens is 312 g/mol. The third-order valence-corrected chi connectivity index (χ3v) is 4.35. The maximum Gasteiger partial charge on any atom is 0.0422 e. The van der Waals surface area contributed by atoms with Crippen molar-refractivity contribution < 1.29 is 0 Å². The van der Waals surface area contributed by atoms with Gasteiger partial charge in [-0.15, -0.1) is 0 Å². The average Bonchev–Trinajstić information content (AvgIpc) is 2.49. The number of benzene rings is 2. The first-order valence-electron chi connectivity index (χ1n) is 6.56. The standard InChI is InChI=1S/C17H15BrN2/c1-12-16(18)7-4-8-17(12)20-11-14-10-19-9-13-5-2-3-6-15(13)14/h2-10,20H,11H2,1H3. The fourth-order valence-corrected chi connectivity index (χ4v) is 2.68. The number of anilines is 1. The number of hydrogen-bond acceptors (Lipinski definition) is 2. The molecule has 0 aliphatic carbocycles. The summed E-state index contributed by atoms with van der Waals surface area (Å²) in [4.78, 5) is 4.32. The Bertz CT molecular complexity index is 748. The summed E-state index contributed by atoms with van der Waals surface area (Å²) in [7, 11) is 0. The van der Waals surface area contributed by atoms with Gasteiger partial charge in [0.15, 0.2) is 0 Å². The van der Waals surface area contributed by atoms with E-state index < -0.39 is 0 Å². The molecule has 3 heteroatoms. The van der Waals surface area contributed by atoms with Crippen molar-refractivity contribution >= 4 is 32.4 Å². The molecule has 0 aliphatic rings. The summed E-state index contributed by atoms with van der Waals surface area (Å²) in [5.74, 6) is 0. The van der Waals surface area contributed by atoms with E-state index in [1.807, 2.05) is 24.5 Å². The molecule has 0 atom stereocenters. The van der Waals surface area contributed by atoms with E-state index >= 15 is 0 Å². The van der Waals surface area contributed by atoms with Crippen LogP contribution in [-0.4, -0.2) is 4.98 Å². The zero-order chi connectivity index (χ0) is 13.9. The van der Waals surface area contributed by atoms with Crippen molar-refractivity contribution in [3.05, 3.63) is 70.5 Å². The Morgan fingerprint density at radius 2 is 1.90 bits per heavy atom. The van der Waals surface area contributed by atoms with Gasteiger partial charge in [0.25, 0.3) is 0 Å². The van der Waals surface area contributed by atoms with Crippen molar-refractivity contribution in [3.8, 4) is 0 Å². The molecule has 0 aliphatic heterocycles. The third-order valence-electron chi connectivity index (χ3n) is 3.49. The Kier molecular flexibility index (Phi) is 3.70. The van der Waals surface area contributed by atoms with Crippen molar-refractivity contribution in [2.24, 2.45) is 0 Å². The van der Waals surface area contributed by atoms with Crippen molar-refractivity contribution in [1.82, 2.24) is 4.98 Å². The van der Waals surface area contributed by atoms with E-state index in [1.165, 1.54) is 21.9 Å². The molecule has 2 nitrogen and oxygen atoms in total. The van der Waals surface area contributed by atoms with Gasteiger partial charge in [-0.2, -0.15) is 0 Å². The van der Waals surface area contributed by atoms with E-state index in [-0.39, 0.29) is 0 Å². The van der Waals surface area contributed by atoms with Crippen molar-refractivity contribution in [3.63, 3.8) is 0 Å². The van der Waals surface area contributed by atoms with E-state index in [2.05, 4.69) is 63.5 Å². The van der Waals surface area contributed by atoms with Crippen LogP contribution < -0.4 is 5.32 Å². The molecular formula is C17H15BrN2. The predicted octanol–water partition coefficient (Wildman–Crippen LogP) is 4.92. The summed E-state index contributed by atoms with van der Waals surface area (Å²) in [6.07, 6.45) is 3.84. The highest BCUT2D eigenvalue weighted by molar-refractivity contribution is 9.10. The SMILES string of the molecule is Cc1c(Br)cccc1NCc1cncc2ccccc12. The Hall–Kier alpha value is -1.87. The second kappa shape index (κ2) is 5.63. The van der Waals surface area contributed by atoms with E-state index in [1.54, 1.807) is 0 Å². The Morgan fingerprint density at radius 1 is 1.05 bits per heavy atom. The van der Waals surface area contributed by atoms with Crippen LogP contribution in [-0.2, 0) is 6.54 Å². The maximum atomic E-state index is 4.32. The number of fused-ring (bicyclic) bond motifs is 1. The van der Waals surface area contributed by atoms with Crippen LogP contribution in [0.2, 0.25) is 0 Å². The molecule has 0 spiro atoms. The molecule has 1 aromatic heterocycles. The van der Waals surface area contributed by atoms with Gasteiger partial charge in [0.2, 0.25) is 0 Å². The largest absolute Gasteiger partial charge is 0.381 e. The number of nitrogens with one attached hydrogen (secondary N) is 1. The molecule has 3 aromatic rings. The second-order valence-electron chi connectivity index (χ2n) is 4.79. The minimum Gasteiger partial charge on any atom is -0.381 e. The van der Waals surface area contributed by atoms with Crippen LogP contribution in [0.4, 0.5) is 5.69 Å². The molecule has 1 heterocycles. The summed E-state index contributed by atoms with van der Waals surface area (Å²) < 4.78 is 1.12. The van der Waals surface area contributed by atoms with Gasteiger partial charge in [0.1, 0.15) is 0 Å². The van der Waals surface area contributed by atoms with Gasteiger partial charge in [0.05, 0.1) is 0 Å². The number of halogens is 1. The molecule has 0 saturated carbocycles. The van der Waals surface area contributed by atoms with E-state index in [9.17, 15) is 0 Å². The molecule has 0 amide bonds. The highest BCUT2D eigenvalue weighted by Gasteiger charge is 2.04. The molecule has 0 bridgehead atoms. The monoisotopic (exact) mass is 326 g/mol. The van der Waals surface area contributed by atoms with Crippen LogP contribution in [0.15, 0.2) is 59.3 Å². The molecule has 20 heavy (non-hydrogen) atoms. The topological polar surface area (TPSA) is 24.9 Å². The summed E-state index contributed by atoms with van der Waals surface area (Å²) in [6, 6.07) is 14.5. The lowest BCUT2D eigenvalue weighted by Gasteiger charge is -2.12. The van der Waals surface area contributed by atoms with Crippen molar-refractivity contribution in [2.45, 2.75) is 13.5 Å². The summed E-state index contributed by atoms with van der Waals surface area (Å²) in [5.41, 5.74) is 3.58. The van der Waals surface area contributed by atoms with Crippen LogP contribution in [0.25, 0.3) is 10.8 Å². The molecule has 0 saturated heterocycles. The first kappa shape index (κ1) is 13.1. The molecule has 2 aromatic carbocycles. The number of aromatic nitrogens is 1. The Morgan fingerprint density at radius 3 is 2.80 bits per heavy atom. The first-order chi connectivity index (χ1) is 9.75. The van der Waals surface area contributed by atoms with Crippen molar-refractivity contribution in [1.29, 1.82) is 0 Å². The van der Waals surface area contributed by atoms with Gasteiger partial charge in [0, 0.05) is 34.5 Å². The Balaban J connectivity index is 1.89. The zero-order valence-electron chi connectivity index (χ0n) is 11.2. The lowest BCUT2D eigenvalue weighted by molar-refractivity contribution is 1.13. The molecule has 1 N–H and O–H groups in total. The van der Waals surface area contributed by atoms with Gasteiger partial charge < -0.3 is 5.32 Å². The lowest BCUT2D eigenvalue weighted by atomic mass is 10.1. The summed E-state index contributed by atoms with van der Waals surface area (Å²) >= 11 is 3.56. The van der Waals surface area contributed by atoms with Crippen LogP contribution in [0.5, 0.6) is 0 Å². The number of hydrogen-bond donors (Lipinski definition) is 1. The van der Waals surface area contributed by atoms with Crippen LogP contribution in [0, 0.1) is 6.92 Å². The number of nitrogens with zero attached hydrogens (tertiary/aromatic N) is 1. The second-order valence-corrected chi connectivity index (χ2v) is 5.64.